The highest BCUT2D eigenvalue weighted by molar-refractivity contribution is 6.31. The molecule has 1 heterocycles. The normalized spacial score (nSPS) is 12.0. The van der Waals surface area contributed by atoms with Crippen LogP contribution in [0.4, 0.5) is 0 Å². The van der Waals surface area contributed by atoms with Crippen LogP contribution in [-0.4, -0.2) is 34.0 Å². The maximum absolute atomic E-state index is 13.3. The third-order valence-electron chi connectivity index (χ3n) is 5.26. The first-order valence-corrected chi connectivity index (χ1v) is 10.5. The van der Waals surface area contributed by atoms with Gasteiger partial charge < -0.3 is 9.64 Å². The molecular formula is C23H26ClN3O3. The van der Waals surface area contributed by atoms with Crippen LogP contribution in [0.25, 0.3) is 10.9 Å². The summed E-state index contributed by atoms with van der Waals surface area (Å²) in [6.07, 6.45) is 0.619. The van der Waals surface area contributed by atoms with Crippen LogP contribution >= 0.6 is 11.6 Å². The van der Waals surface area contributed by atoms with Crippen LogP contribution in [0.1, 0.15) is 49.4 Å². The zero-order valence-corrected chi connectivity index (χ0v) is 18.4. The fourth-order valence-corrected chi connectivity index (χ4v) is 3.88. The van der Waals surface area contributed by atoms with Crippen LogP contribution in [0.5, 0.6) is 5.75 Å². The van der Waals surface area contributed by atoms with Gasteiger partial charge in [0, 0.05) is 23.7 Å². The van der Waals surface area contributed by atoms with Crippen LogP contribution in [0.3, 0.4) is 0 Å². The molecule has 3 rings (SSSR count). The number of halogens is 1. The lowest BCUT2D eigenvalue weighted by Gasteiger charge is -2.31. The van der Waals surface area contributed by atoms with Crippen LogP contribution in [-0.2, 0) is 6.54 Å². The van der Waals surface area contributed by atoms with Crippen molar-refractivity contribution in [2.24, 2.45) is 0 Å². The summed E-state index contributed by atoms with van der Waals surface area (Å²) >= 11 is 6.13. The second-order valence-electron chi connectivity index (χ2n) is 6.92. The largest absolute Gasteiger partial charge is 0.497 e. The van der Waals surface area contributed by atoms with Crippen molar-refractivity contribution in [2.75, 3.05) is 13.7 Å². The molecule has 3 aromatic rings. The fourth-order valence-electron chi connectivity index (χ4n) is 3.72. The van der Waals surface area contributed by atoms with Crippen molar-refractivity contribution < 1.29 is 9.53 Å². The van der Waals surface area contributed by atoms with Gasteiger partial charge in [0.25, 0.3) is 11.5 Å². The molecule has 0 aliphatic carbocycles. The van der Waals surface area contributed by atoms with Crippen LogP contribution in [0.2, 0.25) is 5.02 Å². The van der Waals surface area contributed by atoms with Crippen LogP contribution in [0.15, 0.2) is 47.3 Å². The van der Waals surface area contributed by atoms with Crippen LogP contribution < -0.4 is 10.3 Å². The number of carbonyl (C=O) groups is 1. The lowest BCUT2D eigenvalue weighted by molar-refractivity contribution is 0.0669. The summed E-state index contributed by atoms with van der Waals surface area (Å²) < 4.78 is 6.83. The minimum atomic E-state index is -0.347. The predicted octanol–water partition coefficient (Wildman–Crippen LogP) is 4.69. The van der Waals surface area contributed by atoms with E-state index in [9.17, 15) is 9.59 Å². The zero-order valence-electron chi connectivity index (χ0n) is 17.7. The molecule has 1 unspecified atom stereocenters. The molecule has 0 bridgehead atoms. The zero-order chi connectivity index (χ0) is 21.8. The van der Waals surface area contributed by atoms with Gasteiger partial charge in [-0.1, -0.05) is 18.5 Å². The topological polar surface area (TPSA) is 64.4 Å². The Kier molecular flexibility index (Phi) is 6.77. The Morgan fingerprint density at radius 3 is 2.43 bits per heavy atom. The van der Waals surface area contributed by atoms with Crippen molar-refractivity contribution in [1.82, 2.24) is 14.5 Å². The first-order chi connectivity index (χ1) is 14.4. The second-order valence-corrected chi connectivity index (χ2v) is 7.36. The molecule has 0 aliphatic heterocycles. The molecule has 0 N–H and O–H groups in total. The van der Waals surface area contributed by atoms with Gasteiger partial charge in [-0.25, -0.2) is 4.98 Å². The molecule has 30 heavy (non-hydrogen) atoms. The number of ether oxygens (including phenoxy) is 1. The number of aromatic nitrogens is 2. The maximum Gasteiger partial charge on any atom is 0.261 e. The number of hydrogen-bond donors (Lipinski definition) is 0. The Labute approximate surface area is 181 Å². The highest BCUT2D eigenvalue weighted by Gasteiger charge is 2.28. The smallest absolute Gasteiger partial charge is 0.261 e. The molecule has 6 nitrogen and oxygen atoms in total. The van der Waals surface area contributed by atoms with Crippen molar-refractivity contribution in [3.8, 4) is 5.75 Å². The van der Waals surface area contributed by atoms with Gasteiger partial charge in [0.2, 0.25) is 0 Å². The molecule has 2 aromatic carbocycles. The summed E-state index contributed by atoms with van der Waals surface area (Å²) in [5.74, 6) is 1.15. The lowest BCUT2D eigenvalue weighted by Crippen LogP contribution is -2.38. The Morgan fingerprint density at radius 1 is 1.17 bits per heavy atom. The minimum absolute atomic E-state index is 0.116. The van der Waals surface area contributed by atoms with Gasteiger partial charge in [0.05, 0.1) is 24.1 Å². The number of methoxy groups -OCH3 is 1. The first-order valence-electron chi connectivity index (χ1n) is 10.1. The first kappa shape index (κ1) is 21.8. The van der Waals surface area contributed by atoms with E-state index in [0.717, 1.165) is 0 Å². The van der Waals surface area contributed by atoms with Gasteiger partial charge in [0.1, 0.15) is 11.6 Å². The van der Waals surface area contributed by atoms with Gasteiger partial charge >= 0.3 is 0 Å². The van der Waals surface area contributed by atoms with E-state index in [1.165, 1.54) is 0 Å². The van der Waals surface area contributed by atoms with Gasteiger partial charge in [0.15, 0.2) is 0 Å². The maximum atomic E-state index is 13.3. The van der Waals surface area contributed by atoms with E-state index in [4.69, 9.17) is 21.3 Å². The third-order valence-corrected chi connectivity index (χ3v) is 5.50. The SMILES string of the molecule is CCC(c1nc2cc(Cl)ccc2c(=O)n1CC)N(CC)C(=O)c1ccc(OC)cc1. The Hall–Kier alpha value is -2.86. The van der Waals surface area contributed by atoms with E-state index >= 15 is 0 Å². The number of hydrogen-bond acceptors (Lipinski definition) is 4. The van der Waals surface area contributed by atoms with E-state index in [2.05, 4.69) is 0 Å². The molecule has 0 spiro atoms. The molecular weight excluding hydrogens is 402 g/mol. The highest BCUT2D eigenvalue weighted by atomic mass is 35.5. The Balaban J connectivity index is 2.11. The van der Waals surface area contributed by atoms with Crippen molar-refractivity contribution in [1.29, 1.82) is 0 Å². The number of fused-ring (bicyclic) bond motifs is 1. The van der Waals surface area contributed by atoms with Crippen LogP contribution in [0, 0.1) is 0 Å². The molecule has 0 radical (unpaired) electrons. The summed E-state index contributed by atoms with van der Waals surface area (Å²) in [6.45, 7) is 6.77. The molecule has 1 atom stereocenters. The fraction of sp³-hybridized carbons (Fsp3) is 0.348. The summed E-state index contributed by atoms with van der Waals surface area (Å²) in [7, 11) is 1.59. The van der Waals surface area contributed by atoms with Crippen molar-refractivity contribution >= 4 is 28.4 Å². The second kappa shape index (κ2) is 9.30. The Morgan fingerprint density at radius 2 is 1.87 bits per heavy atom. The predicted molar refractivity (Wildman–Crippen MR) is 119 cm³/mol. The van der Waals surface area contributed by atoms with Crippen molar-refractivity contribution in [2.45, 2.75) is 39.8 Å². The van der Waals surface area contributed by atoms with E-state index in [1.807, 2.05) is 20.8 Å². The van der Waals surface area contributed by atoms with Crippen molar-refractivity contribution in [3.63, 3.8) is 0 Å². The quantitative estimate of drug-likeness (QED) is 0.548. The van der Waals surface area contributed by atoms with E-state index < -0.39 is 0 Å². The summed E-state index contributed by atoms with van der Waals surface area (Å²) in [4.78, 5) is 32.9. The average Bonchev–Trinajstić information content (AvgIpc) is 2.76. The van der Waals surface area contributed by atoms with E-state index in [0.29, 0.717) is 52.6 Å². The van der Waals surface area contributed by atoms with E-state index in [-0.39, 0.29) is 17.5 Å². The Bertz CT molecular complexity index is 1110. The van der Waals surface area contributed by atoms with E-state index in [1.54, 1.807) is 59.0 Å². The van der Waals surface area contributed by atoms with Crippen molar-refractivity contribution in [3.05, 3.63) is 69.2 Å². The number of carbonyl (C=O) groups excluding carboxylic acids is 1. The minimum Gasteiger partial charge on any atom is -0.497 e. The summed E-state index contributed by atoms with van der Waals surface area (Å²) in [5.41, 5.74) is 0.976. The molecule has 0 saturated carbocycles. The standard InChI is InChI=1S/C23H26ClN3O3/c1-5-20(26(6-2)22(28)15-8-11-17(30-4)12-9-15)21-25-19-14-16(24)10-13-18(19)23(29)27(21)7-3/h8-14,20H,5-7H2,1-4H3. The lowest BCUT2D eigenvalue weighted by atomic mass is 10.1. The molecule has 0 aliphatic rings. The average molecular weight is 428 g/mol. The number of benzene rings is 2. The van der Waals surface area contributed by atoms with Gasteiger partial charge in [-0.05, 0) is 62.7 Å². The molecule has 7 heteroatoms. The monoisotopic (exact) mass is 427 g/mol. The number of rotatable bonds is 7. The number of nitrogens with zero attached hydrogens (tertiary/aromatic N) is 3. The summed E-state index contributed by atoms with van der Waals surface area (Å²) in [6, 6.07) is 11.8. The van der Waals surface area contributed by atoms with Gasteiger partial charge in [-0.15, -0.1) is 0 Å². The van der Waals surface area contributed by atoms with Gasteiger partial charge in [-0.2, -0.15) is 0 Å². The van der Waals surface area contributed by atoms with Gasteiger partial charge in [-0.3, -0.25) is 14.2 Å². The third kappa shape index (κ3) is 4.05. The molecule has 0 fully saturated rings. The highest BCUT2D eigenvalue weighted by Crippen LogP contribution is 2.26. The molecule has 158 valence electrons. The molecule has 0 saturated heterocycles. The molecule has 1 aromatic heterocycles. The number of amides is 1. The molecule has 1 amide bonds. The summed E-state index contributed by atoms with van der Waals surface area (Å²) in [5, 5.41) is 1.04.